The van der Waals surface area contributed by atoms with E-state index in [1.165, 1.54) is 0 Å². The second-order valence-electron chi connectivity index (χ2n) is 7.17. The molecule has 0 spiro atoms. The second-order valence-corrected chi connectivity index (χ2v) is 7.17. The van der Waals surface area contributed by atoms with Crippen molar-refractivity contribution in [1.29, 1.82) is 5.26 Å². The molecule has 0 radical (unpaired) electrons. The summed E-state index contributed by atoms with van der Waals surface area (Å²) in [4.78, 5) is 25.5. The van der Waals surface area contributed by atoms with Gasteiger partial charge >= 0.3 is 0 Å². The number of carbonyl (C=O) groups is 1. The lowest BCUT2D eigenvalue weighted by molar-refractivity contribution is 0.102. The quantitative estimate of drug-likeness (QED) is 0.505. The van der Waals surface area contributed by atoms with Crippen molar-refractivity contribution in [3.05, 3.63) is 89.3 Å². The van der Waals surface area contributed by atoms with Crippen molar-refractivity contribution in [2.24, 2.45) is 0 Å². The lowest BCUT2D eigenvalue weighted by Gasteiger charge is -2.10. The van der Waals surface area contributed by atoms with E-state index in [4.69, 9.17) is 10.00 Å². The number of aryl methyl sites for hydroxylation is 2. The van der Waals surface area contributed by atoms with Gasteiger partial charge in [-0.25, -0.2) is 9.97 Å². The molecule has 158 valence electrons. The average molecular weight is 424 g/mol. The number of hydrogen-bond donors (Lipinski definition) is 1. The maximum Gasteiger partial charge on any atom is 0.255 e. The summed E-state index contributed by atoms with van der Waals surface area (Å²) >= 11 is 0. The first-order valence-electron chi connectivity index (χ1n) is 9.89. The molecule has 2 heterocycles. The van der Waals surface area contributed by atoms with E-state index in [1.54, 1.807) is 67.8 Å². The minimum atomic E-state index is -0.259. The highest BCUT2D eigenvalue weighted by Gasteiger charge is 2.11. The number of imidazole rings is 1. The normalized spacial score (nSPS) is 10.4. The van der Waals surface area contributed by atoms with Crippen molar-refractivity contribution >= 4 is 11.6 Å². The molecule has 32 heavy (non-hydrogen) atoms. The lowest BCUT2D eigenvalue weighted by Crippen LogP contribution is -2.11. The number of nitrogens with one attached hydrogen (secondary N) is 1. The largest absolute Gasteiger partial charge is 0.439 e. The summed E-state index contributed by atoms with van der Waals surface area (Å²) < 4.78 is 7.80. The number of ether oxygens (including phenoxy) is 1. The molecule has 0 atom stereocenters. The Morgan fingerprint density at radius 2 is 1.75 bits per heavy atom. The van der Waals surface area contributed by atoms with E-state index in [2.05, 4.69) is 20.3 Å². The molecule has 0 aliphatic rings. The Kier molecular flexibility index (Phi) is 5.64. The Hall–Kier alpha value is -4.51. The van der Waals surface area contributed by atoms with E-state index >= 15 is 0 Å². The minimum absolute atomic E-state index is 0.259. The summed E-state index contributed by atoms with van der Waals surface area (Å²) in [6, 6.07) is 17.2. The lowest BCUT2D eigenvalue weighted by atomic mass is 10.1. The first-order valence-corrected chi connectivity index (χ1v) is 9.89. The van der Waals surface area contributed by atoms with Gasteiger partial charge in [0.15, 0.2) is 0 Å². The van der Waals surface area contributed by atoms with Gasteiger partial charge in [-0.1, -0.05) is 0 Å². The Bertz CT molecular complexity index is 1320. The highest BCUT2D eigenvalue weighted by Crippen LogP contribution is 2.24. The molecule has 4 rings (SSSR count). The predicted octanol–water partition coefficient (Wildman–Crippen LogP) is 4.50. The number of nitrogens with zero attached hydrogens (tertiary/aromatic N) is 5. The second kappa shape index (κ2) is 8.70. The van der Waals surface area contributed by atoms with Crippen LogP contribution < -0.4 is 10.1 Å². The molecule has 8 nitrogen and oxygen atoms in total. The maximum absolute atomic E-state index is 12.4. The number of aromatic nitrogens is 4. The molecule has 2 aromatic carbocycles. The fourth-order valence-corrected chi connectivity index (χ4v) is 3.06. The smallest absolute Gasteiger partial charge is 0.255 e. The van der Waals surface area contributed by atoms with E-state index in [0.717, 1.165) is 11.4 Å². The standard InChI is InChI=1S/C24H20N6O2/c1-15-16(2)30(14-26-15)22-12-23(28-17(3)27-22)32-21-10-8-20(9-11-21)29-24(31)19-6-4-18(13-25)5-7-19/h4-12,14H,1-3H3,(H,29,31). The average Bonchev–Trinajstić information content (AvgIpc) is 3.13. The Labute approximate surface area is 185 Å². The van der Waals surface area contributed by atoms with Crippen LogP contribution in [0.25, 0.3) is 5.82 Å². The third kappa shape index (κ3) is 4.47. The fraction of sp³-hybridized carbons (Fsp3) is 0.125. The van der Waals surface area contributed by atoms with Crippen LogP contribution >= 0.6 is 0 Å². The summed E-state index contributed by atoms with van der Waals surface area (Å²) in [5.41, 5.74) is 3.53. The van der Waals surface area contributed by atoms with Crippen molar-refractivity contribution < 1.29 is 9.53 Å². The van der Waals surface area contributed by atoms with E-state index < -0.39 is 0 Å². The molecule has 8 heteroatoms. The van der Waals surface area contributed by atoms with Crippen LogP contribution in [0.1, 0.15) is 33.1 Å². The van der Waals surface area contributed by atoms with E-state index in [1.807, 2.05) is 24.5 Å². The number of anilines is 1. The molecular weight excluding hydrogens is 404 g/mol. The zero-order chi connectivity index (χ0) is 22.7. The molecule has 4 aromatic rings. The molecule has 0 bridgehead atoms. The van der Waals surface area contributed by atoms with Gasteiger partial charge in [-0.3, -0.25) is 9.36 Å². The molecule has 1 N–H and O–H groups in total. The molecule has 1 amide bonds. The van der Waals surface area contributed by atoms with Gasteiger partial charge in [0.05, 0.1) is 17.3 Å². The van der Waals surface area contributed by atoms with Crippen LogP contribution in [0, 0.1) is 32.1 Å². The Morgan fingerprint density at radius 3 is 2.38 bits per heavy atom. The van der Waals surface area contributed by atoms with Gasteiger partial charge in [0.25, 0.3) is 5.91 Å². The number of rotatable bonds is 5. The number of benzene rings is 2. The van der Waals surface area contributed by atoms with Crippen LogP contribution in [0.15, 0.2) is 60.9 Å². The van der Waals surface area contributed by atoms with Gasteiger partial charge in [0.2, 0.25) is 5.88 Å². The summed E-state index contributed by atoms with van der Waals surface area (Å²) in [6.45, 7) is 5.72. The molecule has 0 saturated carbocycles. The van der Waals surface area contributed by atoms with E-state index in [-0.39, 0.29) is 5.91 Å². The summed E-state index contributed by atoms with van der Waals surface area (Å²) in [5, 5.41) is 11.7. The van der Waals surface area contributed by atoms with Crippen LogP contribution in [0.3, 0.4) is 0 Å². The summed E-state index contributed by atoms with van der Waals surface area (Å²) in [5.74, 6) is 1.98. The molecule has 2 aromatic heterocycles. The molecule has 0 fully saturated rings. The zero-order valence-electron chi connectivity index (χ0n) is 17.8. The van der Waals surface area contributed by atoms with E-state index in [0.29, 0.717) is 40.1 Å². The number of carbonyl (C=O) groups excluding carboxylic acids is 1. The summed E-state index contributed by atoms with van der Waals surface area (Å²) in [7, 11) is 0. The van der Waals surface area contributed by atoms with Crippen molar-refractivity contribution in [2.75, 3.05) is 5.32 Å². The van der Waals surface area contributed by atoms with Crippen LogP contribution in [0.4, 0.5) is 5.69 Å². The third-order valence-corrected chi connectivity index (χ3v) is 4.91. The number of amides is 1. The van der Waals surface area contributed by atoms with Gasteiger partial charge in [-0.15, -0.1) is 0 Å². The molecule has 0 aliphatic carbocycles. The minimum Gasteiger partial charge on any atom is -0.439 e. The Morgan fingerprint density at radius 1 is 1.03 bits per heavy atom. The third-order valence-electron chi connectivity index (χ3n) is 4.91. The van der Waals surface area contributed by atoms with Crippen molar-refractivity contribution in [3.8, 4) is 23.5 Å². The van der Waals surface area contributed by atoms with Gasteiger partial charge < -0.3 is 10.1 Å². The fourth-order valence-electron chi connectivity index (χ4n) is 3.06. The highest BCUT2D eigenvalue weighted by atomic mass is 16.5. The van der Waals surface area contributed by atoms with Crippen LogP contribution in [-0.2, 0) is 0 Å². The zero-order valence-corrected chi connectivity index (χ0v) is 17.8. The van der Waals surface area contributed by atoms with Gasteiger partial charge in [0.1, 0.15) is 23.7 Å². The predicted molar refractivity (Wildman–Crippen MR) is 119 cm³/mol. The van der Waals surface area contributed by atoms with Crippen molar-refractivity contribution in [3.63, 3.8) is 0 Å². The van der Waals surface area contributed by atoms with Crippen LogP contribution in [-0.4, -0.2) is 25.4 Å². The number of hydrogen-bond acceptors (Lipinski definition) is 6. The van der Waals surface area contributed by atoms with Gasteiger partial charge in [-0.2, -0.15) is 10.2 Å². The molecule has 0 aliphatic heterocycles. The van der Waals surface area contributed by atoms with Crippen molar-refractivity contribution in [2.45, 2.75) is 20.8 Å². The monoisotopic (exact) mass is 424 g/mol. The summed E-state index contributed by atoms with van der Waals surface area (Å²) in [6.07, 6.45) is 1.72. The van der Waals surface area contributed by atoms with Gasteiger partial charge in [0, 0.05) is 23.0 Å². The first-order chi connectivity index (χ1) is 15.4. The molecule has 0 unspecified atom stereocenters. The van der Waals surface area contributed by atoms with Gasteiger partial charge in [-0.05, 0) is 69.3 Å². The highest BCUT2D eigenvalue weighted by molar-refractivity contribution is 6.04. The Balaban J connectivity index is 1.47. The molecule has 0 saturated heterocycles. The SMILES string of the molecule is Cc1nc(Oc2ccc(NC(=O)c3ccc(C#N)cc3)cc2)cc(-n2cnc(C)c2C)n1. The van der Waals surface area contributed by atoms with E-state index in [9.17, 15) is 4.79 Å². The van der Waals surface area contributed by atoms with Crippen LogP contribution in [0.5, 0.6) is 11.6 Å². The number of nitriles is 1. The van der Waals surface area contributed by atoms with Crippen LogP contribution in [0.2, 0.25) is 0 Å². The van der Waals surface area contributed by atoms with Crippen molar-refractivity contribution in [1.82, 2.24) is 19.5 Å². The topological polar surface area (TPSA) is 106 Å². The maximum atomic E-state index is 12.4. The first kappa shape index (κ1) is 20.8. The molecular formula is C24H20N6O2.